The van der Waals surface area contributed by atoms with E-state index in [1.165, 1.54) is 53.6 Å². The van der Waals surface area contributed by atoms with Gasteiger partial charge in [0.05, 0.1) is 5.52 Å². The SMILES string of the molecule is c1ccc(C2CCN(Cc3cn(-c4ccccc4)c4ccccc34)CC2)cc1. The Labute approximate surface area is 167 Å². The predicted octanol–water partition coefficient (Wildman–Crippen LogP) is 6.01. The van der Waals surface area contributed by atoms with Gasteiger partial charge >= 0.3 is 0 Å². The van der Waals surface area contributed by atoms with Crippen LogP contribution in [0.3, 0.4) is 0 Å². The van der Waals surface area contributed by atoms with Crippen LogP contribution in [0.4, 0.5) is 0 Å². The van der Waals surface area contributed by atoms with Gasteiger partial charge in [-0.15, -0.1) is 0 Å². The molecule has 1 fully saturated rings. The predicted molar refractivity (Wildman–Crippen MR) is 117 cm³/mol. The number of hydrogen-bond donors (Lipinski definition) is 0. The minimum Gasteiger partial charge on any atom is -0.316 e. The monoisotopic (exact) mass is 366 g/mol. The van der Waals surface area contributed by atoms with Crippen LogP contribution in [-0.4, -0.2) is 22.6 Å². The second kappa shape index (κ2) is 7.65. The lowest BCUT2D eigenvalue weighted by atomic mass is 9.89. The van der Waals surface area contributed by atoms with Crippen molar-refractivity contribution >= 4 is 10.9 Å². The first-order valence-corrected chi connectivity index (χ1v) is 10.3. The third-order valence-electron chi connectivity index (χ3n) is 6.08. The summed E-state index contributed by atoms with van der Waals surface area (Å²) in [5.41, 5.74) is 5.45. The first-order chi connectivity index (χ1) is 13.9. The van der Waals surface area contributed by atoms with Crippen LogP contribution >= 0.6 is 0 Å². The summed E-state index contributed by atoms with van der Waals surface area (Å²) in [6.07, 6.45) is 4.84. The highest BCUT2D eigenvalue weighted by molar-refractivity contribution is 5.85. The molecule has 0 aliphatic carbocycles. The van der Waals surface area contributed by atoms with Gasteiger partial charge in [-0.2, -0.15) is 0 Å². The van der Waals surface area contributed by atoms with Gasteiger partial charge in [0.15, 0.2) is 0 Å². The van der Waals surface area contributed by atoms with Gasteiger partial charge in [-0.1, -0.05) is 66.7 Å². The lowest BCUT2D eigenvalue weighted by Gasteiger charge is -2.32. The number of likely N-dealkylation sites (tertiary alicyclic amines) is 1. The largest absolute Gasteiger partial charge is 0.316 e. The van der Waals surface area contributed by atoms with Crippen LogP contribution in [0, 0.1) is 0 Å². The van der Waals surface area contributed by atoms with Crippen molar-refractivity contribution in [3.8, 4) is 5.69 Å². The van der Waals surface area contributed by atoms with Gasteiger partial charge in [0, 0.05) is 23.8 Å². The number of aromatic nitrogens is 1. The lowest BCUT2D eigenvalue weighted by Crippen LogP contribution is -2.32. The molecule has 0 atom stereocenters. The Bertz CT molecular complexity index is 1040. The molecule has 0 saturated carbocycles. The van der Waals surface area contributed by atoms with Crippen LogP contribution in [0.5, 0.6) is 0 Å². The van der Waals surface area contributed by atoms with Crippen LogP contribution in [0.15, 0.2) is 91.1 Å². The molecule has 2 heteroatoms. The van der Waals surface area contributed by atoms with Gasteiger partial charge < -0.3 is 4.57 Å². The molecule has 4 aromatic rings. The summed E-state index contributed by atoms with van der Waals surface area (Å²) in [7, 11) is 0. The topological polar surface area (TPSA) is 8.17 Å². The molecule has 2 heterocycles. The zero-order chi connectivity index (χ0) is 18.8. The summed E-state index contributed by atoms with van der Waals surface area (Å²) < 4.78 is 2.33. The average Bonchev–Trinajstić information content (AvgIpc) is 3.14. The van der Waals surface area contributed by atoms with Crippen LogP contribution < -0.4 is 0 Å². The summed E-state index contributed by atoms with van der Waals surface area (Å²) in [5, 5.41) is 1.37. The molecule has 1 aromatic heterocycles. The molecular formula is C26H26N2. The van der Waals surface area contributed by atoms with Crippen LogP contribution in [0.2, 0.25) is 0 Å². The molecule has 1 aliphatic heterocycles. The number of piperidine rings is 1. The number of hydrogen-bond acceptors (Lipinski definition) is 1. The summed E-state index contributed by atoms with van der Waals surface area (Å²) in [4.78, 5) is 2.62. The minimum absolute atomic E-state index is 0.711. The maximum absolute atomic E-state index is 2.62. The van der Waals surface area contributed by atoms with Gasteiger partial charge in [-0.3, -0.25) is 4.90 Å². The molecule has 0 bridgehead atoms. The second-order valence-corrected chi connectivity index (χ2v) is 7.84. The maximum Gasteiger partial charge on any atom is 0.0531 e. The molecule has 28 heavy (non-hydrogen) atoms. The summed E-state index contributed by atoms with van der Waals surface area (Å²) in [6, 6.07) is 30.5. The molecule has 2 nitrogen and oxygen atoms in total. The normalized spacial score (nSPS) is 15.9. The molecule has 0 N–H and O–H groups in total. The Kier molecular flexibility index (Phi) is 4.72. The Balaban J connectivity index is 1.36. The Hall–Kier alpha value is -2.84. The highest BCUT2D eigenvalue weighted by Gasteiger charge is 2.21. The third kappa shape index (κ3) is 3.36. The number of nitrogens with zero attached hydrogens (tertiary/aromatic N) is 2. The van der Waals surface area contributed by atoms with Crippen molar-refractivity contribution in [2.75, 3.05) is 13.1 Å². The Morgan fingerprint density at radius 3 is 2.11 bits per heavy atom. The quantitative estimate of drug-likeness (QED) is 0.429. The van der Waals surface area contributed by atoms with E-state index >= 15 is 0 Å². The number of fused-ring (bicyclic) bond motifs is 1. The fraction of sp³-hybridized carbons (Fsp3) is 0.231. The molecule has 3 aromatic carbocycles. The van der Waals surface area contributed by atoms with Gasteiger partial charge in [0.2, 0.25) is 0 Å². The molecule has 0 amide bonds. The van der Waals surface area contributed by atoms with Crippen molar-refractivity contribution in [2.24, 2.45) is 0 Å². The zero-order valence-electron chi connectivity index (χ0n) is 16.2. The van der Waals surface area contributed by atoms with Crippen molar-refractivity contribution in [1.82, 2.24) is 9.47 Å². The van der Waals surface area contributed by atoms with Crippen molar-refractivity contribution in [1.29, 1.82) is 0 Å². The molecular weight excluding hydrogens is 340 g/mol. The van der Waals surface area contributed by atoms with Crippen molar-refractivity contribution < 1.29 is 0 Å². The summed E-state index contributed by atoms with van der Waals surface area (Å²) >= 11 is 0. The Morgan fingerprint density at radius 2 is 1.36 bits per heavy atom. The smallest absolute Gasteiger partial charge is 0.0531 e. The van der Waals surface area contributed by atoms with Gasteiger partial charge in [-0.05, 0) is 61.2 Å². The Morgan fingerprint density at radius 1 is 0.714 bits per heavy atom. The first-order valence-electron chi connectivity index (χ1n) is 10.3. The molecule has 0 unspecified atom stereocenters. The molecule has 0 radical (unpaired) electrons. The van der Waals surface area contributed by atoms with Gasteiger partial charge in [0.1, 0.15) is 0 Å². The fourth-order valence-corrected chi connectivity index (χ4v) is 4.57. The number of rotatable bonds is 4. The molecule has 0 spiro atoms. The second-order valence-electron chi connectivity index (χ2n) is 7.84. The maximum atomic E-state index is 2.62. The lowest BCUT2D eigenvalue weighted by molar-refractivity contribution is 0.205. The van der Waals surface area contributed by atoms with Crippen LogP contribution in [0.1, 0.15) is 29.9 Å². The van der Waals surface area contributed by atoms with Crippen LogP contribution in [0.25, 0.3) is 16.6 Å². The van der Waals surface area contributed by atoms with E-state index in [1.54, 1.807) is 0 Å². The third-order valence-corrected chi connectivity index (χ3v) is 6.08. The average molecular weight is 367 g/mol. The molecule has 5 rings (SSSR count). The van der Waals surface area contributed by atoms with E-state index in [9.17, 15) is 0 Å². The number of para-hydroxylation sites is 2. The van der Waals surface area contributed by atoms with E-state index in [1.807, 2.05) is 0 Å². The standard InChI is InChI=1S/C26H26N2/c1-3-9-21(10-4-1)22-15-17-27(18-16-22)19-23-20-28(24-11-5-2-6-12-24)26-14-8-7-13-25(23)26/h1-14,20,22H,15-19H2. The molecule has 1 aliphatic rings. The van der Waals surface area contributed by atoms with Crippen molar-refractivity contribution in [2.45, 2.75) is 25.3 Å². The van der Waals surface area contributed by atoms with Gasteiger partial charge in [0.25, 0.3) is 0 Å². The van der Waals surface area contributed by atoms with E-state index in [0.29, 0.717) is 5.92 Å². The van der Waals surface area contributed by atoms with E-state index in [2.05, 4.69) is 101 Å². The van der Waals surface area contributed by atoms with E-state index in [4.69, 9.17) is 0 Å². The van der Waals surface area contributed by atoms with Crippen molar-refractivity contribution in [3.63, 3.8) is 0 Å². The minimum atomic E-state index is 0.711. The summed E-state index contributed by atoms with van der Waals surface area (Å²) in [5.74, 6) is 0.711. The van der Waals surface area contributed by atoms with E-state index < -0.39 is 0 Å². The zero-order valence-corrected chi connectivity index (χ0v) is 16.2. The highest BCUT2D eigenvalue weighted by Crippen LogP contribution is 2.30. The van der Waals surface area contributed by atoms with Crippen LogP contribution in [-0.2, 0) is 6.54 Å². The van der Waals surface area contributed by atoms with Gasteiger partial charge in [-0.25, -0.2) is 0 Å². The number of benzene rings is 3. The summed E-state index contributed by atoms with van der Waals surface area (Å²) in [6.45, 7) is 3.37. The molecule has 1 saturated heterocycles. The molecule has 140 valence electrons. The van der Waals surface area contributed by atoms with E-state index in [0.717, 1.165) is 6.54 Å². The first kappa shape index (κ1) is 17.3. The fourth-order valence-electron chi connectivity index (χ4n) is 4.57. The highest BCUT2D eigenvalue weighted by atomic mass is 15.1. The van der Waals surface area contributed by atoms with E-state index in [-0.39, 0.29) is 0 Å². The van der Waals surface area contributed by atoms with Crippen molar-refractivity contribution in [3.05, 3.63) is 102 Å².